The molecule has 0 spiro atoms. The Kier molecular flexibility index (Phi) is 3.40. The number of carbonyl (C=O) groups excluding carboxylic acids is 2. The molecule has 1 amide bonds. The third kappa shape index (κ3) is 2.20. The van der Waals surface area contributed by atoms with E-state index in [1.54, 1.807) is 13.8 Å². The van der Waals surface area contributed by atoms with Gasteiger partial charge in [-0.25, -0.2) is 0 Å². The van der Waals surface area contributed by atoms with Crippen molar-refractivity contribution in [3.63, 3.8) is 0 Å². The molecule has 2 atom stereocenters. The fourth-order valence-corrected chi connectivity index (χ4v) is 1.57. The van der Waals surface area contributed by atoms with Crippen LogP contribution < -0.4 is 10.6 Å². The quantitative estimate of drug-likeness (QED) is 0.372. The van der Waals surface area contributed by atoms with Gasteiger partial charge in [-0.15, -0.1) is 0 Å². The summed E-state index contributed by atoms with van der Waals surface area (Å²) in [6.45, 7) is 3.67. The van der Waals surface area contributed by atoms with Gasteiger partial charge < -0.3 is 15.4 Å². The van der Waals surface area contributed by atoms with Crippen LogP contribution >= 0.6 is 12.2 Å². The lowest BCUT2D eigenvalue weighted by Crippen LogP contribution is -2.59. The highest BCUT2D eigenvalue weighted by Crippen LogP contribution is 2.10. The molecule has 78 valence electrons. The van der Waals surface area contributed by atoms with Crippen LogP contribution in [0.2, 0.25) is 0 Å². The van der Waals surface area contributed by atoms with E-state index < -0.39 is 17.8 Å². The van der Waals surface area contributed by atoms with Crippen molar-refractivity contribution >= 4 is 29.2 Å². The maximum atomic E-state index is 11.4. The fraction of sp³-hybridized carbons (Fsp3) is 0.625. The predicted molar refractivity (Wildman–Crippen MR) is 53.5 cm³/mol. The molecule has 1 aliphatic rings. The molecule has 0 aromatic carbocycles. The molecular weight excluding hydrogens is 204 g/mol. The highest BCUT2D eigenvalue weighted by atomic mass is 32.1. The normalized spacial score (nSPS) is 26.4. The topological polar surface area (TPSA) is 67.4 Å². The molecule has 14 heavy (non-hydrogen) atoms. The maximum Gasteiger partial charge on any atom is 0.320 e. The van der Waals surface area contributed by atoms with E-state index >= 15 is 0 Å². The number of hydrogen-bond donors (Lipinski definition) is 2. The molecule has 1 saturated heterocycles. The second-order valence-electron chi connectivity index (χ2n) is 2.98. The van der Waals surface area contributed by atoms with Crippen molar-refractivity contribution in [1.82, 2.24) is 10.6 Å². The number of amides is 1. The third-order valence-corrected chi connectivity index (χ3v) is 2.14. The van der Waals surface area contributed by atoms with E-state index in [0.717, 1.165) is 0 Å². The molecule has 0 saturated carbocycles. The second-order valence-corrected chi connectivity index (χ2v) is 3.39. The summed E-state index contributed by atoms with van der Waals surface area (Å²) in [5, 5.41) is 5.43. The number of thiocarbonyl (C=S) groups is 1. The van der Waals surface area contributed by atoms with Gasteiger partial charge in [-0.05, 0) is 26.1 Å². The molecule has 0 aliphatic carbocycles. The number of nitrogens with one attached hydrogen (secondary N) is 2. The average molecular weight is 216 g/mol. The van der Waals surface area contributed by atoms with E-state index in [1.807, 2.05) is 0 Å². The summed E-state index contributed by atoms with van der Waals surface area (Å²) >= 11 is 4.77. The van der Waals surface area contributed by atoms with Gasteiger partial charge in [0.25, 0.3) is 0 Å². The number of ether oxygens (including phenoxy) is 1. The van der Waals surface area contributed by atoms with Crippen molar-refractivity contribution in [2.24, 2.45) is 5.92 Å². The van der Waals surface area contributed by atoms with Gasteiger partial charge in [0.15, 0.2) is 11.0 Å². The second kappa shape index (κ2) is 4.36. The standard InChI is InChI=1S/C8H12N2O3S/c1-3-13-7(12)5-4(2)9-8(14)10-6(5)11/h4-5H,3H2,1-2H3,(H2,9,10,11,14). The van der Waals surface area contributed by atoms with E-state index in [0.29, 0.717) is 0 Å². The number of esters is 1. The molecule has 5 nitrogen and oxygen atoms in total. The molecule has 1 fully saturated rings. The lowest BCUT2D eigenvalue weighted by Gasteiger charge is -2.28. The summed E-state index contributed by atoms with van der Waals surface area (Å²) in [6.07, 6.45) is 0. The summed E-state index contributed by atoms with van der Waals surface area (Å²) in [6, 6.07) is -0.324. The largest absolute Gasteiger partial charge is 0.465 e. The van der Waals surface area contributed by atoms with Gasteiger partial charge in [0, 0.05) is 6.04 Å². The molecule has 1 heterocycles. The van der Waals surface area contributed by atoms with Gasteiger partial charge in [0.05, 0.1) is 6.61 Å². The van der Waals surface area contributed by atoms with Crippen molar-refractivity contribution in [2.45, 2.75) is 19.9 Å². The average Bonchev–Trinajstić information content (AvgIpc) is 2.01. The third-order valence-electron chi connectivity index (χ3n) is 1.92. The zero-order valence-electron chi connectivity index (χ0n) is 7.99. The van der Waals surface area contributed by atoms with Gasteiger partial charge in [-0.1, -0.05) is 0 Å². The van der Waals surface area contributed by atoms with Crippen LogP contribution in [0, 0.1) is 5.92 Å². The van der Waals surface area contributed by atoms with Crippen LogP contribution in [0.25, 0.3) is 0 Å². The van der Waals surface area contributed by atoms with Crippen LogP contribution in [0.3, 0.4) is 0 Å². The van der Waals surface area contributed by atoms with Gasteiger partial charge in [0.2, 0.25) is 5.91 Å². The summed E-state index contributed by atoms with van der Waals surface area (Å²) in [7, 11) is 0. The number of rotatable bonds is 2. The van der Waals surface area contributed by atoms with Crippen LogP contribution in [-0.4, -0.2) is 29.6 Å². The minimum absolute atomic E-state index is 0.253. The zero-order chi connectivity index (χ0) is 10.7. The van der Waals surface area contributed by atoms with Gasteiger partial charge >= 0.3 is 5.97 Å². The maximum absolute atomic E-state index is 11.4. The SMILES string of the molecule is CCOC(=O)C1C(=O)NC(=S)NC1C. The smallest absolute Gasteiger partial charge is 0.320 e. The van der Waals surface area contributed by atoms with Crippen LogP contribution in [0.4, 0.5) is 0 Å². The molecular formula is C8H12N2O3S. The van der Waals surface area contributed by atoms with Crippen LogP contribution in [-0.2, 0) is 14.3 Å². The Balaban J connectivity index is 2.71. The van der Waals surface area contributed by atoms with Gasteiger partial charge in [-0.3, -0.25) is 9.59 Å². The Bertz CT molecular complexity index is 280. The first-order valence-electron chi connectivity index (χ1n) is 4.34. The van der Waals surface area contributed by atoms with E-state index in [-0.39, 0.29) is 17.8 Å². The van der Waals surface area contributed by atoms with Crippen LogP contribution in [0.1, 0.15) is 13.8 Å². The van der Waals surface area contributed by atoms with Gasteiger partial charge in [0.1, 0.15) is 0 Å². The molecule has 1 rings (SSSR count). The molecule has 0 bridgehead atoms. The molecule has 0 radical (unpaired) electrons. The number of carbonyl (C=O) groups is 2. The Hall–Kier alpha value is -1.17. The molecule has 0 aromatic heterocycles. The lowest BCUT2D eigenvalue weighted by molar-refractivity contribution is -0.153. The van der Waals surface area contributed by atoms with E-state index in [4.69, 9.17) is 17.0 Å². The van der Waals surface area contributed by atoms with Gasteiger partial charge in [-0.2, -0.15) is 0 Å². The summed E-state index contributed by atoms with van der Waals surface area (Å²) in [5.74, 6) is -1.74. The van der Waals surface area contributed by atoms with Crippen LogP contribution in [0.15, 0.2) is 0 Å². The minimum atomic E-state index is -0.818. The highest BCUT2D eigenvalue weighted by molar-refractivity contribution is 7.80. The molecule has 0 aromatic rings. The molecule has 2 unspecified atom stereocenters. The minimum Gasteiger partial charge on any atom is -0.465 e. The Morgan fingerprint density at radius 3 is 2.79 bits per heavy atom. The first-order chi connectivity index (χ1) is 6.56. The Labute approximate surface area is 87.2 Å². The molecule has 6 heteroatoms. The first-order valence-corrected chi connectivity index (χ1v) is 4.75. The van der Waals surface area contributed by atoms with Crippen molar-refractivity contribution in [3.8, 4) is 0 Å². The van der Waals surface area contributed by atoms with Crippen LogP contribution in [0.5, 0.6) is 0 Å². The summed E-state index contributed by atoms with van der Waals surface area (Å²) in [5.41, 5.74) is 0. The summed E-state index contributed by atoms with van der Waals surface area (Å²) < 4.78 is 4.77. The number of hydrogen-bond acceptors (Lipinski definition) is 4. The monoisotopic (exact) mass is 216 g/mol. The lowest BCUT2D eigenvalue weighted by atomic mass is 9.99. The Morgan fingerprint density at radius 1 is 1.64 bits per heavy atom. The Morgan fingerprint density at radius 2 is 2.29 bits per heavy atom. The van der Waals surface area contributed by atoms with E-state index in [2.05, 4.69) is 10.6 Å². The fourth-order valence-electron chi connectivity index (χ4n) is 1.29. The zero-order valence-corrected chi connectivity index (χ0v) is 8.81. The van der Waals surface area contributed by atoms with Crippen molar-refractivity contribution < 1.29 is 14.3 Å². The molecule has 1 aliphatic heterocycles. The van der Waals surface area contributed by atoms with Crippen molar-refractivity contribution in [1.29, 1.82) is 0 Å². The first kappa shape index (κ1) is 10.9. The van der Waals surface area contributed by atoms with Crippen molar-refractivity contribution in [3.05, 3.63) is 0 Å². The van der Waals surface area contributed by atoms with Crippen molar-refractivity contribution in [2.75, 3.05) is 6.61 Å². The van der Waals surface area contributed by atoms with E-state index in [1.165, 1.54) is 0 Å². The highest BCUT2D eigenvalue weighted by Gasteiger charge is 2.37. The summed E-state index contributed by atoms with van der Waals surface area (Å²) in [4.78, 5) is 22.8. The molecule has 2 N–H and O–H groups in total. The predicted octanol–water partition coefficient (Wildman–Crippen LogP) is -0.442. The van der Waals surface area contributed by atoms with E-state index in [9.17, 15) is 9.59 Å².